The maximum atomic E-state index is 9.50. The molecule has 0 aliphatic heterocycles. The third-order valence-corrected chi connectivity index (χ3v) is 1.95. The average Bonchev–Trinajstić information content (AvgIpc) is 2.11. The molecule has 3 nitrogen and oxygen atoms in total. The molecular weight excluding hydrogens is 168 g/mol. The number of phenols is 1. The maximum absolute atomic E-state index is 9.50. The molecule has 0 heterocycles. The van der Waals surface area contributed by atoms with Gasteiger partial charge in [-0.2, -0.15) is 0 Å². The smallest absolute Gasteiger partial charge is 0.161 e. The van der Waals surface area contributed by atoms with Crippen LogP contribution in [0.4, 0.5) is 0 Å². The zero-order valence-corrected chi connectivity index (χ0v) is 7.87. The minimum absolute atomic E-state index is 0.105. The van der Waals surface area contributed by atoms with Gasteiger partial charge in [0.05, 0.1) is 7.11 Å². The molecule has 0 saturated carbocycles. The summed E-state index contributed by atoms with van der Waals surface area (Å²) < 4.78 is 4.98. The number of ether oxygens (including phenoxy) is 1. The fourth-order valence-electron chi connectivity index (χ4n) is 1.25. The summed E-state index contributed by atoms with van der Waals surface area (Å²) in [6, 6.07) is 3.58. The summed E-state index contributed by atoms with van der Waals surface area (Å²) in [4.78, 5) is 0. The summed E-state index contributed by atoms with van der Waals surface area (Å²) in [5, 5.41) is 18.2. The maximum Gasteiger partial charge on any atom is 0.161 e. The summed E-state index contributed by atoms with van der Waals surface area (Å²) in [7, 11) is 1.51. The van der Waals surface area contributed by atoms with Crippen LogP contribution in [0.15, 0.2) is 12.1 Å². The molecule has 0 bridgehead atoms. The van der Waals surface area contributed by atoms with Crippen LogP contribution in [-0.2, 0) is 6.42 Å². The van der Waals surface area contributed by atoms with E-state index in [0.29, 0.717) is 12.2 Å². The van der Waals surface area contributed by atoms with E-state index in [-0.39, 0.29) is 12.4 Å². The van der Waals surface area contributed by atoms with Gasteiger partial charge in [-0.3, -0.25) is 0 Å². The number of methoxy groups -OCH3 is 1. The van der Waals surface area contributed by atoms with E-state index in [2.05, 4.69) is 0 Å². The van der Waals surface area contributed by atoms with Gasteiger partial charge in [0.25, 0.3) is 0 Å². The van der Waals surface area contributed by atoms with Crippen molar-refractivity contribution in [1.29, 1.82) is 0 Å². The summed E-state index contributed by atoms with van der Waals surface area (Å²) >= 11 is 0. The van der Waals surface area contributed by atoms with E-state index in [9.17, 15) is 5.11 Å². The van der Waals surface area contributed by atoms with Gasteiger partial charge < -0.3 is 14.9 Å². The van der Waals surface area contributed by atoms with Gasteiger partial charge >= 0.3 is 0 Å². The summed E-state index contributed by atoms with van der Waals surface area (Å²) in [6.07, 6.45) is 0.581. The third kappa shape index (κ3) is 2.12. The predicted molar refractivity (Wildman–Crippen MR) is 50.2 cm³/mol. The molecule has 1 aromatic rings. The number of rotatable bonds is 3. The van der Waals surface area contributed by atoms with Crippen LogP contribution in [0, 0.1) is 6.92 Å². The number of benzene rings is 1. The summed E-state index contributed by atoms with van der Waals surface area (Å²) in [5.74, 6) is 0.632. The van der Waals surface area contributed by atoms with Crippen molar-refractivity contribution in [2.45, 2.75) is 13.3 Å². The van der Waals surface area contributed by atoms with Gasteiger partial charge in [0, 0.05) is 6.61 Å². The topological polar surface area (TPSA) is 49.7 Å². The zero-order chi connectivity index (χ0) is 9.84. The SMILES string of the molecule is COc1cc(CCO)cc(C)c1O. The normalized spacial score (nSPS) is 10.1. The Morgan fingerprint density at radius 2 is 2.08 bits per heavy atom. The van der Waals surface area contributed by atoms with E-state index < -0.39 is 0 Å². The van der Waals surface area contributed by atoms with Crippen LogP contribution >= 0.6 is 0 Å². The van der Waals surface area contributed by atoms with Gasteiger partial charge in [0.2, 0.25) is 0 Å². The lowest BCUT2D eigenvalue weighted by atomic mass is 10.1. The van der Waals surface area contributed by atoms with Crippen molar-refractivity contribution in [3.8, 4) is 11.5 Å². The first-order valence-corrected chi connectivity index (χ1v) is 4.16. The second-order valence-electron chi connectivity index (χ2n) is 2.94. The molecule has 0 spiro atoms. The molecule has 0 unspecified atom stereocenters. The fraction of sp³-hybridized carbons (Fsp3) is 0.400. The Labute approximate surface area is 77.6 Å². The molecule has 13 heavy (non-hydrogen) atoms. The van der Waals surface area contributed by atoms with E-state index in [0.717, 1.165) is 11.1 Å². The molecule has 1 rings (SSSR count). The lowest BCUT2D eigenvalue weighted by molar-refractivity contribution is 0.299. The minimum Gasteiger partial charge on any atom is -0.504 e. The Balaban J connectivity index is 3.06. The van der Waals surface area contributed by atoms with E-state index >= 15 is 0 Å². The van der Waals surface area contributed by atoms with Crippen molar-refractivity contribution in [3.05, 3.63) is 23.3 Å². The van der Waals surface area contributed by atoms with Crippen LogP contribution in [0.1, 0.15) is 11.1 Å². The van der Waals surface area contributed by atoms with Crippen LogP contribution in [0.5, 0.6) is 11.5 Å². The number of aliphatic hydroxyl groups excluding tert-OH is 1. The molecule has 0 aromatic heterocycles. The molecule has 3 heteroatoms. The fourth-order valence-corrected chi connectivity index (χ4v) is 1.25. The van der Waals surface area contributed by atoms with Gasteiger partial charge in [-0.05, 0) is 30.5 Å². The number of hydrogen-bond acceptors (Lipinski definition) is 3. The zero-order valence-electron chi connectivity index (χ0n) is 7.87. The summed E-state index contributed by atoms with van der Waals surface area (Å²) in [5.41, 5.74) is 1.73. The van der Waals surface area contributed by atoms with Crippen LogP contribution in [0.3, 0.4) is 0 Å². The second-order valence-corrected chi connectivity index (χ2v) is 2.94. The van der Waals surface area contributed by atoms with Crippen LogP contribution < -0.4 is 4.74 Å². The molecule has 72 valence electrons. The minimum atomic E-state index is 0.105. The van der Waals surface area contributed by atoms with Crippen LogP contribution in [0.2, 0.25) is 0 Å². The second kappa shape index (κ2) is 4.14. The van der Waals surface area contributed by atoms with Crippen molar-refractivity contribution in [2.75, 3.05) is 13.7 Å². The largest absolute Gasteiger partial charge is 0.504 e. The Bertz CT molecular complexity index is 294. The number of aryl methyl sites for hydroxylation is 1. The molecule has 2 N–H and O–H groups in total. The summed E-state index contributed by atoms with van der Waals surface area (Å²) in [6.45, 7) is 1.91. The number of aliphatic hydroxyl groups is 1. The molecule has 0 aliphatic carbocycles. The van der Waals surface area contributed by atoms with E-state index in [4.69, 9.17) is 9.84 Å². The third-order valence-electron chi connectivity index (χ3n) is 1.95. The first-order chi connectivity index (χ1) is 6.19. The highest BCUT2D eigenvalue weighted by atomic mass is 16.5. The van der Waals surface area contributed by atoms with Crippen molar-refractivity contribution >= 4 is 0 Å². The number of hydrogen-bond donors (Lipinski definition) is 2. The molecule has 0 saturated heterocycles. The van der Waals surface area contributed by atoms with Crippen LogP contribution in [-0.4, -0.2) is 23.9 Å². The van der Waals surface area contributed by atoms with Crippen molar-refractivity contribution in [1.82, 2.24) is 0 Å². The molecule has 0 atom stereocenters. The Morgan fingerprint density at radius 1 is 1.38 bits per heavy atom. The van der Waals surface area contributed by atoms with Crippen molar-refractivity contribution in [2.24, 2.45) is 0 Å². The Kier molecular flexibility index (Phi) is 3.14. The highest BCUT2D eigenvalue weighted by Crippen LogP contribution is 2.30. The number of aromatic hydroxyl groups is 1. The van der Waals surface area contributed by atoms with Gasteiger partial charge in [-0.25, -0.2) is 0 Å². The molecule has 0 radical (unpaired) electrons. The van der Waals surface area contributed by atoms with E-state index in [1.165, 1.54) is 7.11 Å². The molecule has 0 aliphatic rings. The van der Waals surface area contributed by atoms with Crippen molar-refractivity contribution in [3.63, 3.8) is 0 Å². The Morgan fingerprint density at radius 3 is 2.62 bits per heavy atom. The van der Waals surface area contributed by atoms with Crippen LogP contribution in [0.25, 0.3) is 0 Å². The lowest BCUT2D eigenvalue weighted by Gasteiger charge is -2.08. The van der Waals surface area contributed by atoms with Gasteiger partial charge in [0.1, 0.15) is 0 Å². The standard InChI is InChI=1S/C10H14O3/c1-7-5-8(3-4-11)6-9(13-2)10(7)12/h5-6,11-12H,3-4H2,1-2H3. The molecule has 1 aromatic carbocycles. The first kappa shape index (κ1) is 9.86. The Hall–Kier alpha value is -1.22. The molecule has 0 fully saturated rings. The molecular formula is C10H14O3. The quantitative estimate of drug-likeness (QED) is 0.739. The number of phenolic OH excluding ortho intramolecular Hbond substituents is 1. The lowest BCUT2D eigenvalue weighted by Crippen LogP contribution is -1.94. The van der Waals surface area contributed by atoms with E-state index in [1.54, 1.807) is 13.0 Å². The highest BCUT2D eigenvalue weighted by Gasteiger charge is 2.06. The highest BCUT2D eigenvalue weighted by molar-refractivity contribution is 5.47. The van der Waals surface area contributed by atoms with Gasteiger partial charge in [-0.15, -0.1) is 0 Å². The van der Waals surface area contributed by atoms with E-state index in [1.807, 2.05) is 6.07 Å². The first-order valence-electron chi connectivity index (χ1n) is 4.16. The monoisotopic (exact) mass is 182 g/mol. The average molecular weight is 182 g/mol. The van der Waals surface area contributed by atoms with Crippen molar-refractivity contribution < 1.29 is 14.9 Å². The molecule has 0 amide bonds. The van der Waals surface area contributed by atoms with Gasteiger partial charge in [0.15, 0.2) is 11.5 Å². The predicted octanol–water partition coefficient (Wildman–Crippen LogP) is 1.24. The van der Waals surface area contributed by atoms with Gasteiger partial charge in [-0.1, -0.05) is 6.07 Å².